The third-order valence-corrected chi connectivity index (χ3v) is 4.07. The monoisotopic (exact) mass is 223 g/mol. The summed E-state index contributed by atoms with van der Waals surface area (Å²) in [6.07, 6.45) is 0. The molecular formula is C9H21NO3S. The molecule has 0 spiro atoms. The van der Waals surface area contributed by atoms with Crippen LogP contribution in [0.3, 0.4) is 0 Å². The molecule has 0 aliphatic heterocycles. The Morgan fingerprint density at radius 2 is 1.93 bits per heavy atom. The first kappa shape index (κ1) is 13.9. The Balaban J connectivity index is 3.87. The first-order valence-corrected chi connectivity index (χ1v) is 6.67. The Hall–Kier alpha value is -0.130. The highest BCUT2D eigenvalue weighted by atomic mass is 32.2. The minimum atomic E-state index is -2.90. The average molecular weight is 223 g/mol. The zero-order chi connectivity index (χ0) is 11.4. The summed E-state index contributed by atoms with van der Waals surface area (Å²) in [5, 5.41) is 12.5. The molecule has 1 unspecified atom stereocenters. The smallest absolute Gasteiger partial charge is 0.151 e. The van der Waals surface area contributed by atoms with Gasteiger partial charge in [0.15, 0.2) is 9.84 Å². The lowest BCUT2D eigenvalue weighted by Gasteiger charge is -2.26. The second kappa shape index (κ2) is 5.09. The van der Waals surface area contributed by atoms with Crippen molar-refractivity contribution in [2.24, 2.45) is 0 Å². The van der Waals surface area contributed by atoms with E-state index in [1.54, 1.807) is 20.8 Å². The highest BCUT2D eigenvalue weighted by Gasteiger charge is 2.21. The summed E-state index contributed by atoms with van der Waals surface area (Å²) in [5.74, 6) is 0.301. The summed E-state index contributed by atoms with van der Waals surface area (Å²) in [6, 6.07) is -0.116. The first-order chi connectivity index (χ1) is 6.19. The molecule has 5 heteroatoms. The van der Waals surface area contributed by atoms with Gasteiger partial charge in [-0.3, -0.25) is 0 Å². The van der Waals surface area contributed by atoms with Crippen molar-refractivity contribution in [2.75, 3.05) is 18.1 Å². The molecule has 0 aromatic rings. The molecule has 0 aromatic carbocycles. The molecule has 0 bridgehead atoms. The summed E-state index contributed by atoms with van der Waals surface area (Å²) < 4.78 is 22.3. The fourth-order valence-electron chi connectivity index (χ4n) is 0.825. The molecular weight excluding hydrogens is 202 g/mol. The minimum absolute atomic E-state index is 0.116. The molecule has 86 valence electrons. The van der Waals surface area contributed by atoms with Gasteiger partial charge in [-0.1, -0.05) is 6.92 Å². The number of hydrogen-bond acceptors (Lipinski definition) is 4. The van der Waals surface area contributed by atoms with Crippen LogP contribution in [-0.2, 0) is 9.84 Å². The maximum absolute atomic E-state index is 11.1. The van der Waals surface area contributed by atoms with Crippen LogP contribution in [0.1, 0.15) is 27.7 Å². The van der Waals surface area contributed by atoms with Gasteiger partial charge in [0.05, 0.1) is 11.4 Å². The number of aliphatic hydroxyl groups is 1. The highest BCUT2D eigenvalue weighted by molar-refractivity contribution is 7.91. The van der Waals surface area contributed by atoms with E-state index >= 15 is 0 Å². The number of hydrogen-bond donors (Lipinski definition) is 2. The quantitative estimate of drug-likeness (QED) is 0.673. The van der Waals surface area contributed by atoms with Gasteiger partial charge in [0.25, 0.3) is 0 Å². The van der Waals surface area contributed by atoms with Gasteiger partial charge < -0.3 is 10.4 Å². The van der Waals surface area contributed by atoms with Crippen LogP contribution >= 0.6 is 0 Å². The maximum atomic E-state index is 11.1. The van der Waals surface area contributed by atoms with E-state index in [1.807, 2.05) is 6.92 Å². The molecule has 0 fully saturated rings. The van der Waals surface area contributed by atoms with Gasteiger partial charge in [0, 0.05) is 18.3 Å². The lowest BCUT2D eigenvalue weighted by atomic mass is 10.0. The van der Waals surface area contributed by atoms with E-state index in [0.717, 1.165) is 0 Å². The van der Waals surface area contributed by atoms with Crippen molar-refractivity contribution < 1.29 is 13.5 Å². The van der Waals surface area contributed by atoms with Crippen molar-refractivity contribution in [3.63, 3.8) is 0 Å². The molecule has 1 atom stereocenters. The Morgan fingerprint density at radius 3 is 2.29 bits per heavy atom. The van der Waals surface area contributed by atoms with Gasteiger partial charge in [0.2, 0.25) is 0 Å². The van der Waals surface area contributed by atoms with Gasteiger partial charge >= 0.3 is 0 Å². The van der Waals surface area contributed by atoms with E-state index < -0.39 is 15.4 Å². The van der Waals surface area contributed by atoms with Crippen molar-refractivity contribution in [1.29, 1.82) is 0 Å². The van der Waals surface area contributed by atoms with E-state index in [-0.39, 0.29) is 17.5 Å². The second-order valence-electron chi connectivity index (χ2n) is 4.07. The van der Waals surface area contributed by atoms with Crippen LogP contribution in [-0.4, -0.2) is 43.2 Å². The third kappa shape index (κ3) is 5.57. The molecule has 0 amide bonds. The zero-order valence-electron chi connectivity index (χ0n) is 9.37. The van der Waals surface area contributed by atoms with Gasteiger partial charge in [-0.15, -0.1) is 0 Å². The summed E-state index contributed by atoms with van der Waals surface area (Å²) in [5.41, 5.74) is -0.823. The first-order valence-electron chi connectivity index (χ1n) is 4.85. The predicted molar refractivity (Wildman–Crippen MR) is 58.1 cm³/mol. The van der Waals surface area contributed by atoms with Gasteiger partial charge in [-0.2, -0.15) is 0 Å². The lowest BCUT2D eigenvalue weighted by molar-refractivity contribution is 0.0451. The molecule has 0 saturated carbocycles. The van der Waals surface area contributed by atoms with Gasteiger partial charge in [-0.05, 0) is 20.8 Å². The molecule has 0 aliphatic rings. The minimum Gasteiger partial charge on any atom is -0.389 e. The highest BCUT2D eigenvalue weighted by Crippen LogP contribution is 2.06. The van der Waals surface area contributed by atoms with E-state index in [1.165, 1.54) is 0 Å². The van der Waals surface area contributed by atoms with E-state index in [9.17, 15) is 13.5 Å². The van der Waals surface area contributed by atoms with Crippen molar-refractivity contribution >= 4 is 9.84 Å². The van der Waals surface area contributed by atoms with E-state index in [4.69, 9.17) is 0 Å². The third-order valence-electron chi connectivity index (χ3n) is 2.36. The van der Waals surface area contributed by atoms with Crippen molar-refractivity contribution in [1.82, 2.24) is 5.32 Å². The molecule has 0 heterocycles. The average Bonchev–Trinajstić information content (AvgIpc) is 2.02. The topological polar surface area (TPSA) is 66.4 Å². The molecule has 0 aromatic heterocycles. The molecule has 0 saturated heterocycles. The lowest BCUT2D eigenvalue weighted by Crippen LogP contribution is -2.46. The van der Waals surface area contributed by atoms with Crippen LogP contribution in [0.2, 0.25) is 0 Å². The van der Waals surface area contributed by atoms with Gasteiger partial charge in [0.1, 0.15) is 0 Å². The van der Waals surface area contributed by atoms with Crippen LogP contribution in [0.25, 0.3) is 0 Å². The summed E-state index contributed by atoms with van der Waals surface area (Å²) in [6.45, 7) is 7.24. The Morgan fingerprint density at radius 1 is 1.43 bits per heavy atom. The maximum Gasteiger partial charge on any atom is 0.151 e. The van der Waals surface area contributed by atoms with E-state index in [2.05, 4.69) is 5.32 Å². The molecule has 4 nitrogen and oxygen atoms in total. The van der Waals surface area contributed by atoms with Gasteiger partial charge in [-0.25, -0.2) is 8.42 Å². The number of sulfone groups is 1. The Labute approximate surface area is 86.6 Å². The molecule has 0 aliphatic carbocycles. The normalized spacial score (nSPS) is 15.5. The summed E-state index contributed by atoms with van der Waals surface area (Å²) >= 11 is 0. The predicted octanol–water partition coefficient (Wildman–Crippen LogP) is 0.170. The zero-order valence-corrected chi connectivity index (χ0v) is 10.2. The van der Waals surface area contributed by atoms with Crippen molar-refractivity contribution in [3.05, 3.63) is 0 Å². The standard InChI is InChI=1S/C9H21NO3S/c1-5-14(12,13)7-6-10-8(2)9(3,4)11/h8,10-11H,5-7H2,1-4H3. The summed E-state index contributed by atoms with van der Waals surface area (Å²) in [4.78, 5) is 0. The fourth-order valence-corrected chi connectivity index (χ4v) is 1.54. The fraction of sp³-hybridized carbons (Fsp3) is 1.00. The SMILES string of the molecule is CCS(=O)(=O)CCNC(C)C(C)(C)O. The Bertz CT molecular complexity index is 254. The van der Waals surface area contributed by atoms with Crippen molar-refractivity contribution in [2.45, 2.75) is 39.3 Å². The number of nitrogens with one attached hydrogen (secondary N) is 1. The molecule has 14 heavy (non-hydrogen) atoms. The largest absolute Gasteiger partial charge is 0.389 e. The van der Waals surface area contributed by atoms with Crippen LogP contribution < -0.4 is 5.32 Å². The van der Waals surface area contributed by atoms with E-state index in [0.29, 0.717) is 6.54 Å². The van der Waals surface area contributed by atoms with Crippen molar-refractivity contribution in [3.8, 4) is 0 Å². The van der Waals surface area contributed by atoms with Crippen LogP contribution in [0.5, 0.6) is 0 Å². The molecule has 0 radical (unpaired) electrons. The molecule has 0 rings (SSSR count). The number of rotatable bonds is 6. The van der Waals surface area contributed by atoms with Crippen LogP contribution in [0, 0.1) is 0 Å². The molecule has 2 N–H and O–H groups in total. The second-order valence-corrected chi connectivity index (χ2v) is 6.54. The van der Waals surface area contributed by atoms with Crippen LogP contribution in [0.15, 0.2) is 0 Å². The summed E-state index contributed by atoms with van der Waals surface area (Å²) in [7, 11) is -2.90. The van der Waals surface area contributed by atoms with Crippen LogP contribution in [0.4, 0.5) is 0 Å². The Kier molecular flexibility index (Phi) is 5.05.